The van der Waals surface area contributed by atoms with Gasteiger partial charge in [-0.15, -0.1) is 10.2 Å². The highest BCUT2D eigenvalue weighted by atomic mass is 35.5. The van der Waals surface area contributed by atoms with Gasteiger partial charge in [-0.3, -0.25) is 9.59 Å². The van der Waals surface area contributed by atoms with Crippen LogP contribution in [0, 0.1) is 0 Å². The molecule has 1 aliphatic rings. The predicted molar refractivity (Wildman–Crippen MR) is 121 cm³/mol. The predicted octanol–water partition coefficient (Wildman–Crippen LogP) is 3.85. The standard InChI is InChI=1S/C22H21Cl2N5O3/c1-2-19-27-28-20-6-4-16(11-29(19)20)26-22(32)17-10-15(3-5-18(17)30)25-21(31)12-7-13(23)9-14(24)8-12/h3,5,7-10,16,30H,2,4,6,11H2,1H3,(H,25,31)(H,26,32). The van der Waals surface area contributed by atoms with Gasteiger partial charge in [0.15, 0.2) is 0 Å². The molecule has 1 aliphatic heterocycles. The number of carbonyl (C=O) groups excluding carboxylic acids is 2. The van der Waals surface area contributed by atoms with Crippen LogP contribution in [0.3, 0.4) is 0 Å². The fraction of sp³-hybridized carbons (Fsp3) is 0.273. The van der Waals surface area contributed by atoms with Crippen LogP contribution in [0.1, 0.15) is 45.7 Å². The van der Waals surface area contributed by atoms with E-state index >= 15 is 0 Å². The molecule has 2 amide bonds. The highest BCUT2D eigenvalue weighted by Crippen LogP contribution is 2.24. The summed E-state index contributed by atoms with van der Waals surface area (Å²) in [5.41, 5.74) is 0.699. The second kappa shape index (κ2) is 9.18. The third-order valence-corrected chi connectivity index (χ3v) is 5.74. The van der Waals surface area contributed by atoms with Gasteiger partial charge in [0.1, 0.15) is 17.4 Å². The van der Waals surface area contributed by atoms with E-state index in [1.807, 2.05) is 11.5 Å². The van der Waals surface area contributed by atoms with Crippen LogP contribution in [0.25, 0.3) is 0 Å². The molecule has 0 saturated heterocycles. The molecule has 32 heavy (non-hydrogen) atoms. The van der Waals surface area contributed by atoms with Gasteiger partial charge in [0.25, 0.3) is 11.8 Å². The van der Waals surface area contributed by atoms with Crippen LogP contribution in [-0.4, -0.2) is 37.7 Å². The zero-order valence-electron chi connectivity index (χ0n) is 17.2. The third kappa shape index (κ3) is 4.71. The van der Waals surface area contributed by atoms with Crippen LogP contribution in [-0.2, 0) is 19.4 Å². The Kier molecular flexibility index (Phi) is 6.34. The van der Waals surface area contributed by atoms with Crippen molar-refractivity contribution in [1.82, 2.24) is 20.1 Å². The Labute approximate surface area is 194 Å². The van der Waals surface area contributed by atoms with Gasteiger partial charge in [0.2, 0.25) is 0 Å². The molecule has 10 heteroatoms. The topological polar surface area (TPSA) is 109 Å². The van der Waals surface area contributed by atoms with Gasteiger partial charge in [0.05, 0.1) is 5.56 Å². The molecule has 2 aromatic carbocycles. The maximum Gasteiger partial charge on any atom is 0.255 e. The Hall–Kier alpha value is -3.10. The Balaban J connectivity index is 1.47. The van der Waals surface area contributed by atoms with E-state index in [9.17, 15) is 14.7 Å². The summed E-state index contributed by atoms with van der Waals surface area (Å²) in [5, 5.41) is 24.9. The molecule has 1 unspecified atom stereocenters. The number of fused-ring (bicyclic) bond motifs is 1. The molecule has 0 radical (unpaired) electrons. The number of halogens is 2. The van der Waals surface area contributed by atoms with E-state index in [2.05, 4.69) is 20.8 Å². The van der Waals surface area contributed by atoms with Crippen molar-refractivity contribution in [2.24, 2.45) is 0 Å². The van der Waals surface area contributed by atoms with E-state index in [1.165, 1.54) is 36.4 Å². The third-order valence-electron chi connectivity index (χ3n) is 5.30. The van der Waals surface area contributed by atoms with E-state index in [-0.39, 0.29) is 22.9 Å². The SMILES string of the molecule is CCc1nnc2n1CC(NC(=O)c1cc(NC(=O)c3cc(Cl)cc(Cl)c3)ccc1O)CC2. The van der Waals surface area contributed by atoms with Gasteiger partial charge in [-0.1, -0.05) is 30.1 Å². The number of nitrogens with one attached hydrogen (secondary N) is 2. The summed E-state index contributed by atoms with van der Waals surface area (Å²) >= 11 is 11.9. The summed E-state index contributed by atoms with van der Waals surface area (Å²) in [6.45, 7) is 2.58. The van der Waals surface area contributed by atoms with Crippen molar-refractivity contribution in [1.29, 1.82) is 0 Å². The Morgan fingerprint density at radius 2 is 1.88 bits per heavy atom. The van der Waals surface area contributed by atoms with Crippen LogP contribution >= 0.6 is 23.2 Å². The lowest BCUT2D eigenvalue weighted by atomic mass is 10.1. The average Bonchev–Trinajstić information content (AvgIpc) is 3.16. The van der Waals surface area contributed by atoms with Gasteiger partial charge in [-0.25, -0.2) is 0 Å². The first kappa shape index (κ1) is 22.1. The number of amides is 2. The second-order valence-electron chi connectivity index (χ2n) is 7.55. The van der Waals surface area contributed by atoms with Crippen LogP contribution < -0.4 is 10.6 Å². The fourth-order valence-electron chi connectivity index (χ4n) is 3.71. The zero-order chi connectivity index (χ0) is 22.8. The van der Waals surface area contributed by atoms with Crippen LogP contribution in [0.15, 0.2) is 36.4 Å². The van der Waals surface area contributed by atoms with Gasteiger partial charge in [-0.05, 0) is 42.8 Å². The van der Waals surface area contributed by atoms with Gasteiger partial charge in [-0.2, -0.15) is 0 Å². The minimum absolute atomic E-state index is 0.0668. The summed E-state index contributed by atoms with van der Waals surface area (Å²) < 4.78 is 2.03. The minimum Gasteiger partial charge on any atom is -0.507 e. The number of hydrogen-bond acceptors (Lipinski definition) is 5. The monoisotopic (exact) mass is 473 g/mol. The van der Waals surface area contributed by atoms with Crippen molar-refractivity contribution in [3.05, 3.63) is 69.2 Å². The molecular weight excluding hydrogens is 453 g/mol. The first-order chi connectivity index (χ1) is 15.3. The summed E-state index contributed by atoms with van der Waals surface area (Å²) in [5.74, 6) is 0.755. The molecule has 0 bridgehead atoms. The van der Waals surface area contributed by atoms with Crippen LogP contribution in [0.2, 0.25) is 10.0 Å². The lowest BCUT2D eigenvalue weighted by Crippen LogP contribution is -2.41. The van der Waals surface area contributed by atoms with Crippen LogP contribution in [0.4, 0.5) is 5.69 Å². The van der Waals surface area contributed by atoms with E-state index in [0.29, 0.717) is 28.7 Å². The summed E-state index contributed by atoms with van der Waals surface area (Å²) in [4.78, 5) is 25.4. The maximum absolute atomic E-state index is 12.9. The number of phenolic OH excluding ortho intramolecular Hbond substituents is 1. The van der Waals surface area contributed by atoms with Gasteiger partial charge >= 0.3 is 0 Å². The number of aryl methyl sites for hydroxylation is 2. The number of anilines is 1. The van der Waals surface area contributed by atoms with E-state index in [4.69, 9.17) is 23.2 Å². The average molecular weight is 474 g/mol. The molecule has 3 aromatic rings. The molecule has 1 atom stereocenters. The lowest BCUT2D eigenvalue weighted by Gasteiger charge is -2.25. The molecule has 166 valence electrons. The molecule has 0 spiro atoms. The molecule has 4 rings (SSSR count). The molecule has 0 saturated carbocycles. The quantitative estimate of drug-likeness (QED) is 0.487. The Morgan fingerprint density at radius 1 is 1.12 bits per heavy atom. The van der Waals surface area contributed by atoms with Crippen LogP contribution in [0.5, 0.6) is 5.75 Å². The Morgan fingerprint density at radius 3 is 2.59 bits per heavy atom. The number of aromatic nitrogens is 3. The molecule has 2 heterocycles. The van der Waals surface area contributed by atoms with Crippen molar-refractivity contribution in [3.8, 4) is 5.75 Å². The molecule has 3 N–H and O–H groups in total. The number of aromatic hydroxyl groups is 1. The van der Waals surface area contributed by atoms with Crippen molar-refractivity contribution in [2.75, 3.05) is 5.32 Å². The number of rotatable bonds is 5. The van der Waals surface area contributed by atoms with Gasteiger partial charge < -0.3 is 20.3 Å². The molecular formula is C22H21Cl2N5O3. The largest absolute Gasteiger partial charge is 0.507 e. The first-order valence-electron chi connectivity index (χ1n) is 10.2. The summed E-state index contributed by atoms with van der Waals surface area (Å²) in [6, 6.07) is 8.69. The van der Waals surface area contributed by atoms with E-state index < -0.39 is 11.8 Å². The van der Waals surface area contributed by atoms with E-state index in [1.54, 1.807) is 0 Å². The van der Waals surface area contributed by atoms with E-state index in [0.717, 1.165) is 24.5 Å². The zero-order valence-corrected chi connectivity index (χ0v) is 18.7. The number of benzene rings is 2. The maximum atomic E-state index is 12.9. The minimum atomic E-state index is -0.439. The smallest absolute Gasteiger partial charge is 0.255 e. The van der Waals surface area contributed by atoms with Crippen molar-refractivity contribution in [3.63, 3.8) is 0 Å². The van der Waals surface area contributed by atoms with Crippen molar-refractivity contribution >= 4 is 40.7 Å². The lowest BCUT2D eigenvalue weighted by molar-refractivity contribution is 0.0923. The molecule has 8 nitrogen and oxygen atoms in total. The second-order valence-corrected chi connectivity index (χ2v) is 8.42. The van der Waals surface area contributed by atoms with Gasteiger partial charge in [0, 0.05) is 46.7 Å². The van der Waals surface area contributed by atoms with Crippen molar-refractivity contribution in [2.45, 2.75) is 38.8 Å². The number of nitrogens with zero attached hydrogens (tertiary/aromatic N) is 3. The molecule has 0 aliphatic carbocycles. The highest BCUT2D eigenvalue weighted by Gasteiger charge is 2.25. The summed E-state index contributed by atoms with van der Waals surface area (Å²) in [6.07, 6.45) is 2.19. The molecule has 0 fully saturated rings. The number of carbonyl (C=O) groups is 2. The van der Waals surface area contributed by atoms with Crippen molar-refractivity contribution < 1.29 is 14.7 Å². The Bertz CT molecular complexity index is 1160. The highest BCUT2D eigenvalue weighted by molar-refractivity contribution is 6.35. The summed E-state index contributed by atoms with van der Waals surface area (Å²) in [7, 11) is 0. The number of phenols is 1. The normalized spacial score (nSPS) is 15.2. The fourth-order valence-corrected chi connectivity index (χ4v) is 4.24. The number of hydrogen-bond donors (Lipinski definition) is 3. The first-order valence-corrected chi connectivity index (χ1v) is 10.9. The molecule has 1 aromatic heterocycles.